The van der Waals surface area contributed by atoms with Gasteiger partial charge in [0.25, 0.3) is 11.1 Å². The standard InChI is InChI=1S/C26H19N3O6S/c30-23(27-17-6-2-1-3-7-17)15-29-24(31)22(36-26(29)34)12-16-13-28(20-9-5-4-8-19(16)20)14-18-10-11-21(35-18)25(32)33/h1-13H,14-15H2,(H,27,30)(H,32,33)/b22-12-. The number of rotatable bonds is 7. The number of aromatic carboxylic acids is 1. The summed E-state index contributed by atoms with van der Waals surface area (Å²) in [6.45, 7) is -0.105. The van der Waals surface area contributed by atoms with Crippen LogP contribution < -0.4 is 5.32 Å². The number of amides is 3. The summed E-state index contributed by atoms with van der Waals surface area (Å²) in [4.78, 5) is 50.1. The molecule has 0 spiro atoms. The van der Waals surface area contributed by atoms with Crippen LogP contribution in [-0.2, 0) is 16.1 Å². The summed E-state index contributed by atoms with van der Waals surface area (Å²) in [7, 11) is 0. The molecule has 2 N–H and O–H groups in total. The molecule has 0 atom stereocenters. The topological polar surface area (TPSA) is 122 Å². The van der Waals surface area contributed by atoms with E-state index in [1.807, 2.05) is 41.1 Å². The van der Waals surface area contributed by atoms with Gasteiger partial charge < -0.3 is 19.4 Å². The number of anilines is 1. The molecule has 180 valence electrons. The van der Waals surface area contributed by atoms with Crippen LogP contribution in [0.3, 0.4) is 0 Å². The summed E-state index contributed by atoms with van der Waals surface area (Å²) < 4.78 is 7.26. The van der Waals surface area contributed by atoms with Crippen molar-refractivity contribution in [2.24, 2.45) is 0 Å². The molecule has 1 fully saturated rings. The first-order valence-electron chi connectivity index (χ1n) is 10.9. The maximum Gasteiger partial charge on any atom is 0.371 e. The number of carbonyl (C=O) groups excluding carboxylic acids is 3. The molecule has 0 saturated carbocycles. The van der Waals surface area contributed by atoms with Gasteiger partial charge in [0.15, 0.2) is 0 Å². The van der Waals surface area contributed by atoms with Gasteiger partial charge in [-0.2, -0.15) is 0 Å². The molecule has 3 heterocycles. The Balaban J connectivity index is 1.38. The van der Waals surface area contributed by atoms with Crippen LogP contribution in [0.1, 0.15) is 21.9 Å². The maximum atomic E-state index is 13.0. The molecule has 0 unspecified atom stereocenters. The van der Waals surface area contributed by atoms with E-state index in [9.17, 15) is 19.2 Å². The Morgan fingerprint density at radius 3 is 2.50 bits per heavy atom. The fourth-order valence-electron chi connectivity index (χ4n) is 3.91. The molecular formula is C26H19N3O6S. The van der Waals surface area contributed by atoms with Crippen molar-refractivity contribution in [3.05, 3.63) is 94.9 Å². The van der Waals surface area contributed by atoms with Crippen molar-refractivity contribution in [2.45, 2.75) is 6.54 Å². The van der Waals surface area contributed by atoms with Crippen molar-refractivity contribution >= 4 is 57.5 Å². The van der Waals surface area contributed by atoms with Crippen molar-refractivity contribution in [3.63, 3.8) is 0 Å². The fourth-order valence-corrected chi connectivity index (χ4v) is 4.74. The summed E-state index contributed by atoms with van der Waals surface area (Å²) in [6, 6.07) is 19.3. The van der Waals surface area contributed by atoms with Gasteiger partial charge >= 0.3 is 5.97 Å². The van der Waals surface area contributed by atoms with Crippen LogP contribution in [-0.4, -0.2) is 44.1 Å². The zero-order chi connectivity index (χ0) is 25.2. The number of para-hydroxylation sites is 2. The Labute approximate surface area is 209 Å². The number of hydrogen-bond acceptors (Lipinski definition) is 6. The zero-order valence-corrected chi connectivity index (χ0v) is 19.5. The van der Waals surface area contributed by atoms with Crippen LogP contribution in [0.4, 0.5) is 10.5 Å². The average molecular weight is 502 g/mol. The summed E-state index contributed by atoms with van der Waals surface area (Å²) in [5, 5.41) is 12.1. The molecular weight excluding hydrogens is 482 g/mol. The van der Waals surface area contributed by atoms with Gasteiger partial charge in [-0.15, -0.1) is 0 Å². The van der Waals surface area contributed by atoms with Crippen molar-refractivity contribution in [2.75, 3.05) is 11.9 Å². The van der Waals surface area contributed by atoms with Crippen molar-refractivity contribution in [1.82, 2.24) is 9.47 Å². The number of furan rings is 1. The second-order valence-electron chi connectivity index (χ2n) is 7.98. The number of hydrogen-bond donors (Lipinski definition) is 2. The lowest BCUT2D eigenvalue weighted by atomic mass is 10.1. The van der Waals surface area contributed by atoms with Crippen LogP contribution in [0, 0.1) is 0 Å². The maximum absolute atomic E-state index is 13.0. The molecule has 0 radical (unpaired) electrons. The lowest BCUT2D eigenvalue weighted by Crippen LogP contribution is -2.36. The minimum Gasteiger partial charge on any atom is -0.475 e. The molecule has 0 bridgehead atoms. The average Bonchev–Trinajstić information content (AvgIpc) is 3.54. The van der Waals surface area contributed by atoms with E-state index in [1.165, 1.54) is 6.07 Å². The largest absolute Gasteiger partial charge is 0.475 e. The van der Waals surface area contributed by atoms with Crippen LogP contribution in [0.2, 0.25) is 0 Å². The first kappa shape index (κ1) is 23.2. The fraction of sp³-hybridized carbons (Fsp3) is 0.0769. The van der Waals surface area contributed by atoms with Crippen LogP contribution in [0.25, 0.3) is 17.0 Å². The number of carboxylic acid groups (broad SMARTS) is 1. The summed E-state index contributed by atoms with van der Waals surface area (Å²) >= 11 is 0.779. The Bertz CT molecular complexity index is 1540. The Kier molecular flexibility index (Phi) is 6.17. The molecule has 1 aliphatic rings. The normalized spacial score (nSPS) is 14.7. The van der Waals surface area contributed by atoms with E-state index >= 15 is 0 Å². The summed E-state index contributed by atoms with van der Waals surface area (Å²) in [5.41, 5.74) is 2.12. The molecule has 2 aromatic carbocycles. The highest BCUT2D eigenvalue weighted by molar-refractivity contribution is 8.18. The Morgan fingerprint density at radius 2 is 1.75 bits per heavy atom. The molecule has 5 rings (SSSR count). The second-order valence-corrected chi connectivity index (χ2v) is 8.98. The summed E-state index contributed by atoms with van der Waals surface area (Å²) in [5.74, 6) is -1.84. The Hall–Kier alpha value is -4.57. The van der Waals surface area contributed by atoms with Gasteiger partial charge in [-0.1, -0.05) is 36.4 Å². The van der Waals surface area contributed by atoms with Crippen LogP contribution >= 0.6 is 11.8 Å². The number of benzene rings is 2. The first-order valence-corrected chi connectivity index (χ1v) is 11.7. The van der Waals surface area contributed by atoms with E-state index in [2.05, 4.69) is 5.32 Å². The smallest absolute Gasteiger partial charge is 0.371 e. The first-order chi connectivity index (χ1) is 17.4. The van der Waals surface area contributed by atoms with Crippen molar-refractivity contribution in [1.29, 1.82) is 0 Å². The molecule has 0 aliphatic carbocycles. The number of nitrogens with zero attached hydrogens (tertiary/aromatic N) is 2. The van der Waals surface area contributed by atoms with Crippen LogP contribution in [0.5, 0.6) is 0 Å². The van der Waals surface area contributed by atoms with E-state index in [0.29, 0.717) is 17.0 Å². The molecule has 2 aromatic heterocycles. The molecule has 36 heavy (non-hydrogen) atoms. The second kappa shape index (κ2) is 9.59. The minimum absolute atomic E-state index is 0.147. The molecule has 10 heteroatoms. The molecule has 3 amide bonds. The van der Waals surface area contributed by atoms with E-state index in [0.717, 1.165) is 27.6 Å². The lowest BCUT2D eigenvalue weighted by Gasteiger charge is -2.12. The number of imide groups is 1. The third-order valence-corrected chi connectivity index (χ3v) is 6.44. The number of carboxylic acids is 1. The highest BCUT2D eigenvalue weighted by Crippen LogP contribution is 2.34. The van der Waals surface area contributed by atoms with E-state index in [4.69, 9.17) is 9.52 Å². The molecule has 1 aliphatic heterocycles. The van der Waals surface area contributed by atoms with Crippen molar-refractivity contribution < 1.29 is 28.7 Å². The third-order valence-electron chi connectivity index (χ3n) is 5.54. The predicted octanol–water partition coefficient (Wildman–Crippen LogP) is 4.66. The van der Waals surface area contributed by atoms with Crippen molar-refractivity contribution in [3.8, 4) is 0 Å². The minimum atomic E-state index is -1.15. The van der Waals surface area contributed by atoms with E-state index in [1.54, 1.807) is 36.4 Å². The highest BCUT2D eigenvalue weighted by Gasteiger charge is 2.36. The predicted molar refractivity (Wildman–Crippen MR) is 134 cm³/mol. The molecule has 1 saturated heterocycles. The van der Waals surface area contributed by atoms with Gasteiger partial charge in [0, 0.05) is 28.4 Å². The quantitative estimate of drug-likeness (QED) is 0.353. The number of aromatic nitrogens is 1. The lowest BCUT2D eigenvalue weighted by molar-refractivity contribution is -0.127. The SMILES string of the molecule is O=C(CN1C(=O)S/C(=C\c2cn(Cc3ccc(C(=O)O)o3)c3ccccc23)C1=O)Nc1ccccc1. The third kappa shape index (κ3) is 4.66. The zero-order valence-electron chi connectivity index (χ0n) is 18.7. The summed E-state index contributed by atoms with van der Waals surface area (Å²) in [6.07, 6.45) is 3.44. The number of thioether (sulfide) groups is 1. The monoisotopic (exact) mass is 501 g/mol. The van der Waals surface area contributed by atoms with Gasteiger partial charge in [0.1, 0.15) is 12.3 Å². The van der Waals surface area contributed by atoms with E-state index < -0.39 is 23.0 Å². The van der Waals surface area contributed by atoms with Gasteiger partial charge in [0.05, 0.1) is 11.4 Å². The van der Waals surface area contributed by atoms with Gasteiger partial charge in [-0.25, -0.2) is 4.79 Å². The van der Waals surface area contributed by atoms with Gasteiger partial charge in [0.2, 0.25) is 11.7 Å². The number of carbonyl (C=O) groups is 4. The number of fused-ring (bicyclic) bond motifs is 1. The highest BCUT2D eigenvalue weighted by atomic mass is 32.2. The Morgan fingerprint density at radius 1 is 1.00 bits per heavy atom. The van der Waals surface area contributed by atoms with Crippen LogP contribution in [0.15, 0.2) is 82.2 Å². The molecule has 4 aromatic rings. The van der Waals surface area contributed by atoms with Gasteiger partial charge in [-0.05, 0) is 48.2 Å². The number of nitrogens with one attached hydrogen (secondary N) is 1. The van der Waals surface area contributed by atoms with Gasteiger partial charge in [-0.3, -0.25) is 19.3 Å². The van der Waals surface area contributed by atoms with E-state index in [-0.39, 0.29) is 23.8 Å². The molecule has 9 nitrogen and oxygen atoms in total.